The predicted octanol–water partition coefficient (Wildman–Crippen LogP) is 3.70. The van der Waals surface area contributed by atoms with Gasteiger partial charge in [-0.2, -0.15) is 0 Å². The van der Waals surface area contributed by atoms with Crippen molar-refractivity contribution < 1.29 is 22.7 Å². The van der Waals surface area contributed by atoms with Crippen LogP contribution in [0.15, 0.2) is 41.3 Å². The van der Waals surface area contributed by atoms with Crippen LogP contribution in [0.1, 0.15) is 19.7 Å². The number of nitrogens with zero attached hydrogens (tertiary/aromatic N) is 4. The molecular formula is C18H13F3N4O2. The Bertz CT molecular complexity index is 1160. The van der Waals surface area contributed by atoms with Crippen LogP contribution in [0.3, 0.4) is 0 Å². The molecule has 0 unspecified atom stereocenters. The van der Waals surface area contributed by atoms with Crippen LogP contribution in [0.4, 0.5) is 13.2 Å². The van der Waals surface area contributed by atoms with Crippen LogP contribution < -0.4 is 0 Å². The van der Waals surface area contributed by atoms with Crippen LogP contribution in [0, 0.1) is 17.5 Å². The molecule has 1 aromatic carbocycles. The number of halogens is 3. The topological polar surface area (TPSA) is 76.5 Å². The van der Waals surface area contributed by atoms with Crippen LogP contribution >= 0.6 is 0 Å². The summed E-state index contributed by atoms with van der Waals surface area (Å²) in [4.78, 5) is 3.95. The standard InChI is InChI=1S/C18H13F3N4O2/c1-18(2,26)17-24-23-14-4-3-9(7-25(14)17)16-15(22-8-27-16)10-5-12(20)13(21)6-11(10)19/h3-8,26H,1-2H3. The highest BCUT2D eigenvalue weighted by molar-refractivity contribution is 5.77. The molecule has 0 aliphatic heterocycles. The van der Waals surface area contributed by atoms with Crippen molar-refractivity contribution in [2.45, 2.75) is 19.4 Å². The first-order chi connectivity index (χ1) is 12.8. The monoisotopic (exact) mass is 374 g/mol. The van der Waals surface area contributed by atoms with Crippen LogP contribution in [-0.4, -0.2) is 24.7 Å². The van der Waals surface area contributed by atoms with Crippen molar-refractivity contribution in [2.75, 3.05) is 0 Å². The Morgan fingerprint density at radius 3 is 2.52 bits per heavy atom. The van der Waals surface area contributed by atoms with Gasteiger partial charge in [-0.1, -0.05) is 0 Å². The number of aromatic nitrogens is 4. The lowest BCUT2D eigenvalue weighted by Gasteiger charge is -2.14. The van der Waals surface area contributed by atoms with Crippen molar-refractivity contribution in [3.05, 3.63) is 60.1 Å². The van der Waals surface area contributed by atoms with E-state index in [0.29, 0.717) is 23.1 Å². The van der Waals surface area contributed by atoms with Crippen molar-refractivity contribution in [3.8, 4) is 22.6 Å². The minimum atomic E-state index is -1.29. The molecule has 0 aliphatic carbocycles. The maximum absolute atomic E-state index is 14.2. The summed E-state index contributed by atoms with van der Waals surface area (Å²) in [7, 11) is 0. The highest BCUT2D eigenvalue weighted by Gasteiger charge is 2.24. The minimum absolute atomic E-state index is 0.0173. The Kier molecular flexibility index (Phi) is 3.77. The fourth-order valence-corrected chi connectivity index (χ4v) is 2.79. The van der Waals surface area contributed by atoms with E-state index >= 15 is 0 Å². The van der Waals surface area contributed by atoms with Gasteiger partial charge in [-0.3, -0.25) is 4.40 Å². The Balaban J connectivity index is 1.89. The molecule has 138 valence electrons. The Morgan fingerprint density at radius 1 is 1.04 bits per heavy atom. The molecule has 6 nitrogen and oxygen atoms in total. The molecule has 3 heterocycles. The molecule has 1 N–H and O–H groups in total. The zero-order chi connectivity index (χ0) is 19.3. The highest BCUT2D eigenvalue weighted by Crippen LogP contribution is 2.34. The van der Waals surface area contributed by atoms with Crippen molar-refractivity contribution in [1.29, 1.82) is 0 Å². The molecule has 9 heteroatoms. The van der Waals surface area contributed by atoms with E-state index in [9.17, 15) is 18.3 Å². The van der Waals surface area contributed by atoms with Crippen LogP contribution in [0.2, 0.25) is 0 Å². The van der Waals surface area contributed by atoms with Crippen molar-refractivity contribution in [3.63, 3.8) is 0 Å². The normalized spacial score (nSPS) is 12.1. The Morgan fingerprint density at radius 2 is 1.78 bits per heavy atom. The van der Waals surface area contributed by atoms with Crippen molar-refractivity contribution in [1.82, 2.24) is 19.6 Å². The molecule has 0 radical (unpaired) electrons. The van der Waals surface area contributed by atoms with Gasteiger partial charge in [0, 0.05) is 23.4 Å². The Labute approximate surface area is 150 Å². The van der Waals surface area contributed by atoms with E-state index in [1.165, 1.54) is 0 Å². The average molecular weight is 374 g/mol. The van der Waals surface area contributed by atoms with Gasteiger partial charge in [0.25, 0.3) is 0 Å². The van der Waals surface area contributed by atoms with Crippen LogP contribution in [0.25, 0.3) is 28.2 Å². The Hall–Kier alpha value is -3.20. The molecule has 0 spiro atoms. The lowest BCUT2D eigenvalue weighted by molar-refractivity contribution is 0.0676. The molecule has 3 aromatic heterocycles. The van der Waals surface area contributed by atoms with E-state index < -0.39 is 23.1 Å². The number of benzene rings is 1. The van der Waals surface area contributed by atoms with E-state index in [-0.39, 0.29) is 17.0 Å². The lowest BCUT2D eigenvalue weighted by atomic mass is 10.1. The summed E-state index contributed by atoms with van der Waals surface area (Å²) in [5.74, 6) is -3.01. The van der Waals surface area contributed by atoms with E-state index in [0.717, 1.165) is 12.5 Å². The molecule has 4 rings (SSSR count). The number of pyridine rings is 1. The quantitative estimate of drug-likeness (QED) is 0.554. The second-order valence-corrected chi connectivity index (χ2v) is 6.50. The largest absolute Gasteiger partial charge is 0.443 e. The van der Waals surface area contributed by atoms with Gasteiger partial charge in [-0.15, -0.1) is 10.2 Å². The van der Waals surface area contributed by atoms with E-state index in [2.05, 4.69) is 15.2 Å². The first-order valence-electron chi connectivity index (χ1n) is 7.92. The van der Waals surface area contributed by atoms with Gasteiger partial charge in [-0.05, 0) is 32.0 Å². The average Bonchev–Trinajstić information content (AvgIpc) is 3.23. The first kappa shape index (κ1) is 17.2. The summed E-state index contributed by atoms with van der Waals surface area (Å²) in [5.41, 5.74) is -0.526. The molecule has 4 aromatic rings. The number of fused-ring (bicyclic) bond motifs is 1. The molecular weight excluding hydrogens is 361 g/mol. The molecule has 0 atom stereocenters. The van der Waals surface area contributed by atoms with Gasteiger partial charge in [0.1, 0.15) is 17.1 Å². The summed E-state index contributed by atoms with van der Waals surface area (Å²) >= 11 is 0. The van der Waals surface area contributed by atoms with Gasteiger partial charge in [0.05, 0.1) is 0 Å². The zero-order valence-electron chi connectivity index (χ0n) is 14.2. The number of hydrogen-bond donors (Lipinski definition) is 1. The van der Waals surface area contributed by atoms with Crippen LogP contribution in [0.5, 0.6) is 0 Å². The first-order valence-corrected chi connectivity index (χ1v) is 7.92. The fourth-order valence-electron chi connectivity index (χ4n) is 2.79. The third kappa shape index (κ3) is 2.85. The van der Waals surface area contributed by atoms with Gasteiger partial charge in [0.2, 0.25) is 0 Å². The zero-order valence-corrected chi connectivity index (χ0v) is 14.2. The predicted molar refractivity (Wildman–Crippen MR) is 89.0 cm³/mol. The SMILES string of the molecule is CC(C)(O)c1nnc2ccc(-c3ocnc3-c3cc(F)c(F)cc3F)cn12. The number of aliphatic hydroxyl groups is 1. The molecule has 0 bridgehead atoms. The summed E-state index contributed by atoms with van der Waals surface area (Å²) in [6, 6.07) is 4.45. The second kappa shape index (κ2) is 5.92. The smallest absolute Gasteiger partial charge is 0.182 e. The molecule has 27 heavy (non-hydrogen) atoms. The second-order valence-electron chi connectivity index (χ2n) is 6.50. The highest BCUT2D eigenvalue weighted by atomic mass is 19.2. The van der Waals surface area contributed by atoms with Gasteiger partial charge >= 0.3 is 0 Å². The van der Waals surface area contributed by atoms with E-state index in [1.807, 2.05) is 0 Å². The minimum Gasteiger partial charge on any atom is -0.443 e. The van der Waals surface area contributed by atoms with E-state index in [4.69, 9.17) is 4.42 Å². The van der Waals surface area contributed by atoms with Crippen molar-refractivity contribution in [2.24, 2.45) is 0 Å². The summed E-state index contributed by atoms with van der Waals surface area (Å²) < 4.78 is 47.9. The molecule has 0 aliphatic rings. The maximum atomic E-state index is 14.2. The molecule has 0 saturated heterocycles. The van der Waals surface area contributed by atoms with E-state index in [1.54, 1.807) is 36.6 Å². The summed E-state index contributed by atoms with van der Waals surface area (Å²) in [6.07, 6.45) is 2.67. The van der Waals surface area contributed by atoms with Gasteiger partial charge in [0.15, 0.2) is 35.3 Å². The fraction of sp³-hybridized carbons (Fsp3) is 0.167. The van der Waals surface area contributed by atoms with Crippen LogP contribution in [-0.2, 0) is 5.60 Å². The third-order valence-corrected chi connectivity index (χ3v) is 4.04. The summed E-state index contributed by atoms with van der Waals surface area (Å²) in [5, 5.41) is 18.2. The van der Waals surface area contributed by atoms with Gasteiger partial charge in [-0.25, -0.2) is 18.2 Å². The number of hydrogen-bond acceptors (Lipinski definition) is 5. The van der Waals surface area contributed by atoms with Gasteiger partial charge < -0.3 is 9.52 Å². The number of oxazole rings is 1. The number of rotatable bonds is 3. The maximum Gasteiger partial charge on any atom is 0.182 e. The molecule has 0 fully saturated rings. The lowest BCUT2D eigenvalue weighted by Crippen LogP contribution is -2.19. The van der Waals surface area contributed by atoms with Crippen molar-refractivity contribution >= 4 is 5.65 Å². The molecule has 0 amide bonds. The summed E-state index contributed by atoms with van der Waals surface area (Å²) in [6.45, 7) is 3.12. The third-order valence-electron chi connectivity index (χ3n) is 4.04. The molecule has 0 saturated carbocycles.